The van der Waals surface area contributed by atoms with Crippen LogP contribution >= 0.6 is 24.8 Å². The first-order valence-electron chi connectivity index (χ1n) is 6.03. The zero-order valence-electron chi connectivity index (χ0n) is 11.5. The van der Waals surface area contributed by atoms with Gasteiger partial charge in [-0.1, -0.05) is 0 Å². The summed E-state index contributed by atoms with van der Waals surface area (Å²) in [5.41, 5.74) is 7.58. The summed E-state index contributed by atoms with van der Waals surface area (Å²) in [4.78, 5) is 0. The van der Waals surface area contributed by atoms with E-state index >= 15 is 0 Å². The monoisotopic (exact) mass is 340 g/mol. The molecule has 1 aliphatic heterocycles. The van der Waals surface area contributed by atoms with Gasteiger partial charge in [0, 0.05) is 24.3 Å². The number of rotatable bonds is 5. The van der Waals surface area contributed by atoms with E-state index in [1.165, 1.54) is 0 Å². The second-order valence-electron chi connectivity index (χ2n) is 4.78. The van der Waals surface area contributed by atoms with E-state index in [2.05, 4.69) is 23.9 Å². The third kappa shape index (κ3) is 6.57. The van der Waals surface area contributed by atoms with Gasteiger partial charge in [0.25, 0.3) is 0 Å². The predicted molar refractivity (Wildman–Crippen MR) is 86.7 cm³/mol. The molecule has 0 aromatic heterocycles. The summed E-state index contributed by atoms with van der Waals surface area (Å²) in [7, 11) is 2.24. The zero-order valence-corrected chi connectivity index (χ0v) is 13.9. The number of halogens is 3. The largest absolute Gasteiger partial charge is 1.00 e. The molecule has 1 atom stereocenters. The minimum Gasteiger partial charge on any atom is -1.00 e. The minimum atomic E-state index is 0. The fraction of sp³-hybridized carbons (Fsp3) is 0.385. The summed E-state index contributed by atoms with van der Waals surface area (Å²) in [5.74, 6) is 0. The van der Waals surface area contributed by atoms with E-state index in [-0.39, 0.29) is 37.2 Å². The summed E-state index contributed by atoms with van der Waals surface area (Å²) >= 11 is 0. The van der Waals surface area contributed by atoms with Crippen molar-refractivity contribution in [1.29, 1.82) is 0 Å². The molecule has 20 heavy (non-hydrogen) atoms. The second kappa shape index (κ2) is 10.00. The molecule has 2 rings (SSSR count). The molecule has 0 aliphatic carbocycles. The number of nitrogens with zero attached hydrogens (tertiary/aromatic N) is 1. The molecule has 0 fully saturated rings. The molecule has 0 saturated carbocycles. The van der Waals surface area contributed by atoms with E-state index in [9.17, 15) is 0 Å². The zero-order chi connectivity index (χ0) is 12.1. The van der Waals surface area contributed by atoms with Gasteiger partial charge >= 0.3 is 0 Å². The third-order valence-electron chi connectivity index (χ3n) is 3.09. The summed E-state index contributed by atoms with van der Waals surface area (Å²) in [6, 6.07) is 7.87. The third-order valence-corrected chi connectivity index (χ3v) is 3.09. The number of nitrogens with two attached hydrogens (primary N) is 1. The summed E-state index contributed by atoms with van der Waals surface area (Å²) in [6.07, 6.45) is 5.39. The maximum absolute atomic E-state index is 5.64. The SMILES string of the molecule is C[N+]1(CCCNc2ccc(N)cc2)C=CNC1.Cl.Cl.[Cl-]. The number of nitrogens with one attached hydrogen (secondary N) is 2. The van der Waals surface area contributed by atoms with Crippen LogP contribution in [0.15, 0.2) is 36.7 Å². The van der Waals surface area contributed by atoms with Gasteiger partial charge in [0.15, 0.2) is 6.67 Å². The van der Waals surface area contributed by atoms with Crippen LogP contribution in [0.5, 0.6) is 0 Å². The molecule has 1 aromatic carbocycles. The van der Waals surface area contributed by atoms with Crippen LogP contribution in [0, 0.1) is 0 Å². The van der Waals surface area contributed by atoms with Gasteiger partial charge in [-0.15, -0.1) is 24.8 Å². The normalized spacial score (nSPS) is 19.1. The molecule has 7 heteroatoms. The van der Waals surface area contributed by atoms with E-state index in [0.29, 0.717) is 0 Å². The van der Waals surface area contributed by atoms with Crippen LogP contribution in [0.4, 0.5) is 11.4 Å². The molecule has 1 aliphatic rings. The van der Waals surface area contributed by atoms with Gasteiger partial charge in [-0.05, 0) is 24.3 Å². The van der Waals surface area contributed by atoms with Gasteiger partial charge < -0.3 is 28.8 Å². The number of anilines is 2. The molecule has 116 valence electrons. The van der Waals surface area contributed by atoms with Crippen molar-refractivity contribution in [2.24, 2.45) is 0 Å². The first-order chi connectivity index (χ1) is 8.18. The van der Waals surface area contributed by atoms with Crippen LogP contribution in [-0.2, 0) is 0 Å². The molecule has 1 aromatic rings. The standard InChI is InChI=1S/C13H21N4.3ClH/c1-17(10-8-15-11-17)9-2-7-16-13-5-3-12(14)4-6-13;;;/h3-6,8,10,15-16H,2,7,9,11,14H2,1H3;3*1H/q+1;;;/p-1. The number of quaternary nitrogens is 1. The van der Waals surface area contributed by atoms with Crippen LogP contribution in [0.3, 0.4) is 0 Å². The summed E-state index contributed by atoms with van der Waals surface area (Å²) in [5, 5.41) is 6.64. The fourth-order valence-corrected chi connectivity index (χ4v) is 1.97. The second-order valence-corrected chi connectivity index (χ2v) is 4.78. The summed E-state index contributed by atoms with van der Waals surface area (Å²) < 4.78 is 0.976. The molecule has 0 amide bonds. The van der Waals surface area contributed by atoms with Crippen molar-refractivity contribution in [1.82, 2.24) is 5.32 Å². The lowest BCUT2D eigenvalue weighted by Crippen LogP contribution is -3.00. The lowest BCUT2D eigenvalue weighted by atomic mass is 10.3. The Balaban J connectivity index is 0. The van der Waals surface area contributed by atoms with E-state index in [1.54, 1.807) is 0 Å². The smallest absolute Gasteiger partial charge is 0.155 e. The molecule has 1 heterocycles. The van der Waals surface area contributed by atoms with E-state index < -0.39 is 0 Å². The maximum atomic E-state index is 5.64. The Hall–Kier alpha value is -0.810. The highest BCUT2D eigenvalue weighted by molar-refractivity contribution is 5.85. The van der Waals surface area contributed by atoms with Gasteiger partial charge in [0.05, 0.1) is 19.8 Å². The topological polar surface area (TPSA) is 50.1 Å². The Morgan fingerprint density at radius 3 is 2.45 bits per heavy atom. The van der Waals surface area contributed by atoms with Crippen molar-refractivity contribution in [2.45, 2.75) is 6.42 Å². The molecule has 0 saturated heterocycles. The Bertz CT molecular complexity index is 397. The molecule has 0 bridgehead atoms. The van der Waals surface area contributed by atoms with Crippen LogP contribution in [0.2, 0.25) is 0 Å². The minimum absolute atomic E-state index is 0. The van der Waals surface area contributed by atoms with Crippen LogP contribution in [0.1, 0.15) is 6.42 Å². The first-order valence-corrected chi connectivity index (χ1v) is 6.03. The van der Waals surface area contributed by atoms with Crippen molar-refractivity contribution < 1.29 is 16.9 Å². The number of hydrogen-bond donors (Lipinski definition) is 3. The highest BCUT2D eigenvalue weighted by atomic mass is 35.5. The Labute approximate surface area is 139 Å². The van der Waals surface area contributed by atoms with Gasteiger partial charge in [-0.3, -0.25) is 4.48 Å². The molecule has 4 nitrogen and oxygen atoms in total. The molecular weight excluding hydrogens is 319 g/mol. The Morgan fingerprint density at radius 2 is 1.90 bits per heavy atom. The van der Waals surface area contributed by atoms with Gasteiger partial charge in [-0.25, -0.2) is 0 Å². The van der Waals surface area contributed by atoms with E-state index in [4.69, 9.17) is 5.73 Å². The lowest BCUT2D eigenvalue weighted by Gasteiger charge is -2.25. The Morgan fingerprint density at radius 1 is 1.25 bits per heavy atom. The lowest BCUT2D eigenvalue weighted by molar-refractivity contribution is -0.855. The fourth-order valence-electron chi connectivity index (χ4n) is 1.97. The highest BCUT2D eigenvalue weighted by Crippen LogP contribution is 2.11. The van der Waals surface area contributed by atoms with Crippen LogP contribution in [-0.4, -0.2) is 31.3 Å². The van der Waals surface area contributed by atoms with E-state index in [1.807, 2.05) is 30.5 Å². The van der Waals surface area contributed by atoms with Crippen molar-refractivity contribution in [3.05, 3.63) is 36.7 Å². The average molecular weight is 342 g/mol. The van der Waals surface area contributed by atoms with Gasteiger partial charge in [0.2, 0.25) is 0 Å². The van der Waals surface area contributed by atoms with Crippen molar-refractivity contribution in [3.63, 3.8) is 0 Å². The number of benzene rings is 1. The first kappa shape index (κ1) is 21.5. The molecule has 0 radical (unpaired) electrons. The molecule has 4 N–H and O–H groups in total. The van der Waals surface area contributed by atoms with Crippen molar-refractivity contribution >= 4 is 36.2 Å². The van der Waals surface area contributed by atoms with Crippen molar-refractivity contribution in [3.8, 4) is 0 Å². The molecular formula is C13H23Cl3N4. The number of nitrogen functional groups attached to an aromatic ring is 1. The maximum Gasteiger partial charge on any atom is 0.155 e. The average Bonchev–Trinajstić information content (AvgIpc) is 2.74. The van der Waals surface area contributed by atoms with E-state index in [0.717, 1.165) is 42.0 Å². The van der Waals surface area contributed by atoms with Gasteiger partial charge in [0.1, 0.15) is 6.20 Å². The summed E-state index contributed by atoms with van der Waals surface area (Å²) in [6.45, 7) is 3.14. The Kier molecular flexibility index (Phi) is 10.7. The van der Waals surface area contributed by atoms with Crippen molar-refractivity contribution in [2.75, 3.05) is 37.9 Å². The highest BCUT2D eigenvalue weighted by Gasteiger charge is 2.20. The molecule has 1 unspecified atom stereocenters. The number of hydrogen-bond acceptors (Lipinski definition) is 3. The van der Waals surface area contributed by atoms with Crippen LogP contribution in [0.25, 0.3) is 0 Å². The quantitative estimate of drug-likeness (QED) is 0.381. The molecule has 0 spiro atoms. The predicted octanol–water partition coefficient (Wildman–Crippen LogP) is -0.603. The van der Waals surface area contributed by atoms with Gasteiger partial charge in [-0.2, -0.15) is 0 Å². The van der Waals surface area contributed by atoms with Crippen LogP contribution < -0.4 is 28.8 Å².